The lowest BCUT2D eigenvalue weighted by atomic mass is 9.93. The van der Waals surface area contributed by atoms with Crippen molar-refractivity contribution in [2.45, 2.75) is 58.8 Å². The van der Waals surface area contributed by atoms with Crippen LogP contribution in [0.25, 0.3) is 11.0 Å². The number of imidazole rings is 1. The number of carbonyl (C=O) groups is 3. The van der Waals surface area contributed by atoms with Crippen molar-refractivity contribution in [3.63, 3.8) is 0 Å². The molecule has 226 valence electrons. The number of aryl methyl sites for hydroxylation is 1. The van der Waals surface area contributed by atoms with Gasteiger partial charge in [-0.05, 0) is 70.0 Å². The standard InChI is InChI=1S/C33H39N5O5/c1-33(2,3)43-32(42)38(22-25-10-7-8-19-35-25)21-23-14-16-24(17-15-23)30(39)26(31(40)41)11-9-18-34-20-29-36-27-12-5-6-13-28(27)37(29)4/h5-8,10,12-17,19,26,34H,9,11,18,20-22H2,1-4H3,(H,40,41). The molecule has 0 spiro atoms. The number of hydrogen-bond donors (Lipinski definition) is 2. The molecule has 0 radical (unpaired) electrons. The maximum Gasteiger partial charge on any atom is 0.410 e. The molecule has 1 atom stereocenters. The van der Waals surface area contributed by atoms with Crippen LogP contribution in [0.3, 0.4) is 0 Å². The van der Waals surface area contributed by atoms with Crippen LogP contribution in [0.15, 0.2) is 72.9 Å². The van der Waals surface area contributed by atoms with E-state index in [0.717, 1.165) is 22.4 Å². The Morgan fingerprint density at radius 3 is 2.37 bits per heavy atom. The van der Waals surface area contributed by atoms with Gasteiger partial charge in [-0.2, -0.15) is 0 Å². The van der Waals surface area contributed by atoms with Crippen molar-refractivity contribution in [1.82, 2.24) is 24.8 Å². The van der Waals surface area contributed by atoms with Crippen molar-refractivity contribution in [3.8, 4) is 0 Å². The van der Waals surface area contributed by atoms with Crippen LogP contribution in [0.1, 0.15) is 61.1 Å². The van der Waals surface area contributed by atoms with E-state index in [0.29, 0.717) is 30.8 Å². The number of ether oxygens (including phenoxy) is 1. The van der Waals surface area contributed by atoms with Gasteiger partial charge in [-0.3, -0.25) is 19.5 Å². The maximum atomic E-state index is 13.1. The number of nitrogens with zero attached hydrogens (tertiary/aromatic N) is 4. The average molecular weight is 586 g/mol. The van der Waals surface area contributed by atoms with Gasteiger partial charge < -0.3 is 19.7 Å². The first-order chi connectivity index (χ1) is 20.5. The number of pyridine rings is 1. The first-order valence-corrected chi connectivity index (χ1v) is 14.4. The fraction of sp³-hybridized carbons (Fsp3) is 0.364. The number of fused-ring (bicyclic) bond motifs is 1. The lowest BCUT2D eigenvalue weighted by molar-refractivity contribution is -0.140. The summed E-state index contributed by atoms with van der Waals surface area (Å²) in [4.78, 5) is 48.6. The molecule has 4 aromatic rings. The smallest absolute Gasteiger partial charge is 0.410 e. The van der Waals surface area contributed by atoms with Gasteiger partial charge in [-0.1, -0.05) is 42.5 Å². The normalized spacial score (nSPS) is 12.2. The molecule has 0 aliphatic carbocycles. The van der Waals surface area contributed by atoms with Gasteiger partial charge in [0.1, 0.15) is 17.3 Å². The molecular formula is C33H39N5O5. The van der Waals surface area contributed by atoms with E-state index in [1.165, 1.54) is 0 Å². The number of hydrogen-bond acceptors (Lipinski definition) is 7. The first-order valence-electron chi connectivity index (χ1n) is 14.4. The van der Waals surface area contributed by atoms with E-state index in [4.69, 9.17) is 4.74 Å². The van der Waals surface area contributed by atoms with Gasteiger partial charge >= 0.3 is 12.1 Å². The molecule has 0 aliphatic heterocycles. The summed E-state index contributed by atoms with van der Waals surface area (Å²) in [7, 11) is 1.96. The molecule has 0 fully saturated rings. The fourth-order valence-electron chi connectivity index (χ4n) is 4.75. The summed E-state index contributed by atoms with van der Waals surface area (Å²) < 4.78 is 7.62. The number of Topliss-reactive ketones (excluding diaryl/α,β-unsaturated/α-hetero) is 1. The highest BCUT2D eigenvalue weighted by Gasteiger charge is 2.27. The fourth-order valence-corrected chi connectivity index (χ4v) is 4.75. The summed E-state index contributed by atoms with van der Waals surface area (Å²) in [6, 6.07) is 20.1. The van der Waals surface area contributed by atoms with Gasteiger partial charge in [0.25, 0.3) is 0 Å². The van der Waals surface area contributed by atoms with E-state index in [2.05, 4.69) is 15.3 Å². The van der Waals surface area contributed by atoms with Crippen LogP contribution in [0.5, 0.6) is 0 Å². The van der Waals surface area contributed by atoms with Crippen molar-refractivity contribution in [2.24, 2.45) is 13.0 Å². The van der Waals surface area contributed by atoms with Crippen LogP contribution in [0.4, 0.5) is 4.79 Å². The highest BCUT2D eigenvalue weighted by molar-refractivity contribution is 6.08. The highest BCUT2D eigenvalue weighted by atomic mass is 16.6. The minimum absolute atomic E-state index is 0.210. The minimum atomic E-state index is -1.15. The molecule has 43 heavy (non-hydrogen) atoms. The summed E-state index contributed by atoms with van der Waals surface area (Å²) in [6.45, 7) is 7.00. The lowest BCUT2D eigenvalue weighted by Crippen LogP contribution is -2.36. The Bertz CT molecular complexity index is 1540. The molecule has 10 nitrogen and oxygen atoms in total. The molecule has 0 saturated heterocycles. The van der Waals surface area contributed by atoms with Gasteiger partial charge in [0, 0.05) is 25.4 Å². The Hall–Kier alpha value is -4.57. The third-order valence-electron chi connectivity index (χ3n) is 6.97. The topological polar surface area (TPSA) is 127 Å². The predicted molar refractivity (Wildman–Crippen MR) is 163 cm³/mol. The molecule has 4 rings (SSSR count). The maximum absolute atomic E-state index is 13.1. The minimum Gasteiger partial charge on any atom is -0.481 e. The Balaban J connectivity index is 1.33. The Labute approximate surface area is 251 Å². The van der Waals surface area contributed by atoms with E-state index >= 15 is 0 Å². The molecule has 2 N–H and O–H groups in total. The second kappa shape index (κ2) is 14.1. The number of carbonyl (C=O) groups excluding carboxylic acids is 2. The molecule has 1 unspecified atom stereocenters. The van der Waals surface area contributed by atoms with E-state index < -0.39 is 29.4 Å². The third kappa shape index (κ3) is 8.71. The van der Waals surface area contributed by atoms with Crippen molar-refractivity contribution in [3.05, 3.63) is 95.6 Å². The molecule has 2 aromatic carbocycles. The van der Waals surface area contributed by atoms with Crippen LogP contribution < -0.4 is 5.32 Å². The van der Waals surface area contributed by atoms with Gasteiger partial charge in [0.2, 0.25) is 0 Å². The monoisotopic (exact) mass is 585 g/mol. The quantitative estimate of drug-likeness (QED) is 0.122. The van der Waals surface area contributed by atoms with E-state index in [1.54, 1.807) is 56.1 Å². The molecule has 0 aliphatic rings. The van der Waals surface area contributed by atoms with Gasteiger partial charge in [-0.15, -0.1) is 0 Å². The van der Waals surface area contributed by atoms with Gasteiger partial charge in [-0.25, -0.2) is 9.78 Å². The Morgan fingerprint density at radius 1 is 1.00 bits per heavy atom. The number of aliphatic carboxylic acids is 1. The van der Waals surface area contributed by atoms with Gasteiger partial charge in [0.15, 0.2) is 5.78 Å². The second-order valence-electron chi connectivity index (χ2n) is 11.5. The molecule has 2 heterocycles. The Morgan fingerprint density at radius 2 is 1.72 bits per heavy atom. The zero-order chi connectivity index (χ0) is 31.0. The number of nitrogens with one attached hydrogen (secondary N) is 1. The van der Waals surface area contributed by atoms with Crippen molar-refractivity contribution in [1.29, 1.82) is 0 Å². The second-order valence-corrected chi connectivity index (χ2v) is 11.5. The van der Waals surface area contributed by atoms with Crippen molar-refractivity contribution < 1.29 is 24.2 Å². The van der Waals surface area contributed by atoms with Gasteiger partial charge in [0.05, 0.1) is 29.8 Å². The van der Waals surface area contributed by atoms with E-state index in [1.807, 2.05) is 54.1 Å². The summed E-state index contributed by atoms with van der Waals surface area (Å²) in [5.74, 6) is -1.84. The SMILES string of the molecule is Cn1c(CNCCCC(C(=O)O)C(=O)c2ccc(CN(Cc3ccccn3)C(=O)OC(C)(C)C)cc2)nc2ccccc21. The summed E-state index contributed by atoms with van der Waals surface area (Å²) in [5, 5.41) is 13.1. The number of carboxylic acids is 1. The molecule has 0 bridgehead atoms. The van der Waals surface area contributed by atoms with Crippen LogP contribution in [0.2, 0.25) is 0 Å². The number of carboxylic acid groups (broad SMARTS) is 1. The molecule has 1 amide bonds. The lowest BCUT2D eigenvalue weighted by Gasteiger charge is -2.27. The number of benzene rings is 2. The van der Waals surface area contributed by atoms with Crippen molar-refractivity contribution >= 4 is 28.9 Å². The summed E-state index contributed by atoms with van der Waals surface area (Å²) in [6.07, 6.45) is 1.92. The summed E-state index contributed by atoms with van der Waals surface area (Å²) in [5.41, 5.74) is 3.12. The third-order valence-corrected chi connectivity index (χ3v) is 6.97. The average Bonchev–Trinajstić information content (AvgIpc) is 3.29. The van der Waals surface area contributed by atoms with Crippen molar-refractivity contribution in [2.75, 3.05) is 6.54 Å². The number of para-hydroxylation sites is 2. The summed E-state index contributed by atoms with van der Waals surface area (Å²) >= 11 is 0. The van der Waals surface area contributed by atoms with Crippen LogP contribution in [0, 0.1) is 5.92 Å². The predicted octanol–water partition coefficient (Wildman–Crippen LogP) is 5.36. The molecular weight excluding hydrogens is 546 g/mol. The molecule has 0 saturated carbocycles. The van der Waals surface area contributed by atoms with E-state index in [9.17, 15) is 19.5 Å². The zero-order valence-electron chi connectivity index (χ0n) is 25.1. The molecule has 10 heteroatoms. The number of amides is 1. The first kappa shape index (κ1) is 31.4. The van der Waals surface area contributed by atoms with E-state index in [-0.39, 0.29) is 19.5 Å². The number of aromatic nitrogens is 3. The van der Waals surface area contributed by atoms with Crippen LogP contribution >= 0.6 is 0 Å². The number of ketones is 1. The largest absolute Gasteiger partial charge is 0.481 e. The van der Waals surface area contributed by atoms with Crippen LogP contribution in [-0.2, 0) is 36.2 Å². The Kier molecular flexibility index (Phi) is 10.3. The number of rotatable bonds is 13. The zero-order valence-corrected chi connectivity index (χ0v) is 25.1. The molecule has 2 aromatic heterocycles. The highest BCUT2D eigenvalue weighted by Crippen LogP contribution is 2.19. The van der Waals surface area contributed by atoms with Crippen LogP contribution in [-0.4, -0.2) is 54.5 Å².